The number of amidine groups is 1. The molecule has 4 heterocycles. The first-order chi connectivity index (χ1) is 31.6. The standard InChI is InChI=1S/C47H48N4O15/c1-2-23-15-25(17-26(53)16-23)45(12-3-4-13-45)66-40-34(64-44-46(60)14-11-28(30-20-49-22-50-30)47(61,43(46)59)41(65-44)42(57)58)19-33-37(39(40)56)31(54)18-32(63-33)24-5-7-27(8-6-24)62-35(21-52)38(55)29-9-10-36(48)51-29/h5-11,14-19,22,28,32,35,38,41,43-44,48,52-56,59-61H,2-4,12-13,20-21H2,1H3,(H,57,58). The summed E-state index contributed by atoms with van der Waals surface area (Å²) in [6, 6.07) is 12.6. The zero-order valence-corrected chi connectivity index (χ0v) is 35.4. The number of hydrogen-bond donors (Lipinski definition) is 10. The van der Waals surface area contributed by atoms with Crippen molar-refractivity contribution in [2.45, 2.75) is 92.6 Å². The van der Waals surface area contributed by atoms with Crippen molar-refractivity contribution in [1.29, 1.82) is 5.41 Å². The fraction of sp³-hybridized carbons (Fsp3) is 0.383. The number of aromatic hydroxyl groups is 2. The van der Waals surface area contributed by atoms with Crippen LogP contribution in [0.4, 0.5) is 0 Å². The van der Waals surface area contributed by atoms with E-state index in [0.29, 0.717) is 43.2 Å². The van der Waals surface area contributed by atoms with Gasteiger partial charge in [-0.2, -0.15) is 0 Å². The van der Waals surface area contributed by atoms with Crippen LogP contribution in [0.5, 0.6) is 34.5 Å². The number of carboxylic acid groups (broad SMARTS) is 1. The van der Waals surface area contributed by atoms with Gasteiger partial charge in [0.15, 0.2) is 29.3 Å². The lowest BCUT2D eigenvalue weighted by atomic mass is 9.64. The van der Waals surface area contributed by atoms with E-state index in [0.717, 1.165) is 11.6 Å². The van der Waals surface area contributed by atoms with Gasteiger partial charge in [0.05, 0.1) is 30.5 Å². The first-order valence-electron chi connectivity index (χ1n) is 21.4. The second-order valence-corrected chi connectivity index (χ2v) is 17.1. The average molecular weight is 909 g/mol. The van der Waals surface area contributed by atoms with E-state index in [-0.39, 0.29) is 58.1 Å². The first kappa shape index (κ1) is 44.6. The molecule has 3 aromatic carbocycles. The third-order valence-corrected chi connectivity index (χ3v) is 13.0. The van der Waals surface area contributed by atoms with Crippen LogP contribution in [0, 0.1) is 11.3 Å². The first-order valence-corrected chi connectivity index (χ1v) is 21.4. The van der Waals surface area contributed by atoms with Crippen LogP contribution in [-0.4, -0.2) is 131 Å². The zero-order chi connectivity index (χ0) is 46.7. The lowest BCUT2D eigenvalue weighted by molar-refractivity contribution is -0.337. The van der Waals surface area contributed by atoms with E-state index < -0.39 is 83.6 Å². The molecular weight excluding hydrogens is 861 g/mol. The van der Waals surface area contributed by atoms with Crippen molar-refractivity contribution in [3.8, 4) is 34.5 Å². The van der Waals surface area contributed by atoms with Crippen LogP contribution >= 0.6 is 0 Å². The number of phenolic OH excluding ortho intramolecular Hbond substituents is 2. The SMILES string of the molecule is CCc1cc(O)cc(C2(Oc3c(OC4OC(C(=O)O)C5(O)C(C6=NC=NC6)C=CC4(O)C5O)cc4c(c3O)C(O)=CC(c3ccc(OC(CO)C(O)C5=NC(=N)C=C5)cc3)O4)CCCC2)c1. The van der Waals surface area contributed by atoms with Gasteiger partial charge in [0.1, 0.15) is 70.3 Å². The highest BCUT2D eigenvalue weighted by atomic mass is 16.7. The van der Waals surface area contributed by atoms with E-state index in [1.54, 1.807) is 36.4 Å². The molecule has 6 aliphatic rings. The van der Waals surface area contributed by atoms with Crippen LogP contribution in [0.25, 0.3) is 5.76 Å². The quantitative estimate of drug-likeness (QED) is 0.104. The highest BCUT2D eigenvalue weighted by Gasteiger charge is 2.70. The summed E-state index contributed by atoms with van der Waals surface area (Å²) in [4.78, 5) is 24.9. The number of hydrogen-bond acceptors (Lipinski definition) is 17. The molecule has 3 aromatic rings. The number of carbonyl (C=O) groups is 1. The minimum atomic E-state index is -2.65. The van der Waals surface area contributed by atoms with Crippen molar-refractivity contribution in [2.24, 2.45) is 20.9 Å². The summed E-state index contributed by atoms with van der Waals surface area (Å²) in [5.41, 5.74) is -4.40. The normalized spacial score (nSPS) is 29.0. The maximum absolute atomic E-state index is 12.9. The second-order valence-electron chi connectivity index (χ2n) is 17.1. The minimum absolute atomic E-state index is 0.00109. The summed E-state index contributed by atoms with van der Waals surface area (Å²) in [6.45, 7) is 1.36. The smallest absolute Gasteiger partial charge is 0.336 e. The lowest BCUT2D eigenvalue weighted by Gasteiger charge is -2.55. The molecule has 0 aromatic heterocycles. The molecule has 0 radical (unpaired) electrons. The van der Waals surface area contributed by atoms with Crippen molar-refractivity contribution >= 4 is 35.3 Å². The van der Waals surface area contributed by atoms with Gasteiger partial charge in [0.25, 0.3) is 0 Å². The van der Waals surface area contributed by atoms with Crippen LogP contribution in [0.15, 0.2) is 93.9 Å². The number of benzene rings is 3. The van der Waals surface area contributed by atoms with Crippen LogP contribution in [-0.2, 0) is 21.6 Å². The molecule has 19 nitrogen and oxygen atoms in total. The maximum atomic E-state index is 12.9. The van der Waals surface area contributed by atoms with Crippen molar-refractivity contribution < 1.29 is 74.4 Å². The lowest BCUT2D eigenvalue weighted by Crippen LogP contribution is -2.78. The second kappa shape index (κ2) is 17.0. The van der Waals surface area contributed by atoms with E-state index in [2.05, 4.69) is 15.0 Å². The van der Waals surface area contributed by atoms with Gasteiger partial charge in [-0.25, -0.2) is 14.8 Å². The molecule has 4 aliphatic heterocycles. The Balaban J connectivity index is 1.09. The molecular formula is C47H48N4O15. The molecule has 66 heavy (non-hydrogen) atoms. The monoisotopic (exact) mass is 908 g/mol. The number of fused-ring (bicyclic) bond motifs is 3. The van der Waals surface area contributed by atoms with Crippen molar-refractivity contribution in [3.05, 3.63) is 101 Å². The topological polar surface area (TPSA) is 306 Å². The van der Waals surface area contributed by atoms with Crippen LogP contribution in [0.1, 0.15) is 61.0 Å². The predicted octanol–water partition coefficient (Wildman–Crippen LogP) is 3.31. The van der Waals surface area contributed by atoms with Crippen LogP contribution in [0.2, 0.25) is 0 Å². The number of nitrogens with one attached hydrogen (secondary N) is 1. The molecule has 9 rings (SSSR count). The molecule has 1 saturated heterocycles. The van der Waals surface area contributed by atoms with Gasteiger partial charge in [-0.05, 0) is 91.3 Å². The predicted molar refractivity (Wildman–Crippen MR) is 235 cm³/mol. The highest BCUT2D eigenvalue weighted by molar-refractivity contribution is 6.15. The Kier molecular flexibility index (Phi) is 11.5. The Morgan fingerprint density at radius 3 is 2.45 bits per heavy atom. The van der Waals surface area contributed by atoms with Crippen molar-refractivity contribution in [2.75, 3.05) is 13.2 Å². The zero-order valence-electron chi connectivity index (χ0n) is 35.4. The summed E-state index contributed by atoms with van der Waals surface area (Å²) in [6.07, 6.45) is 0.664. The number of aliphatic hydroxyl groups is 6. The number of phenols is 2. The van der Waals surface area contributed by atoms with Gasteiger partial charge in [-0.1, -0.05) is 31.2 Å². The van der Waals surface area contributed by atoms with E-state index in [4.69, 9.17) is 29.1 Å². The molecule has 346 valence electrons. The van der Waals surface area contributed by atoms with E-state index >= 15 is 0 Å². The average Bonchev–Trinajstić information content (AvgIpc) is 4.10. The fourth-order valence-electron chi connectivity index (χ4n) is 9.50. The molecule has 0 spiro atoms. The third-order valence-electron chi connectivity index (χ3n) is 13.0. The molecule has 0 amide bonds. The number of nitrogens with zero attached hydrogens (tertiary/aromatic N) is 3. The Hall–Kier alpha value is -6.61. The number of aliphatic hydroxyl groups excluding tert-OH is 4. The largest absolute Gasteiger partial charge is 0.508 e. The molecule has 1 saturated carbocycles. The number of aliphatic imine (C=N–C) groups is 3. The summed E-state index contributed by atoms with van der Waals surface area (Å²) < 4.78 is 31.2. The number of ether oxygens (including phenoxy) is 5. The van der Waals surface area contributed by atoms with Gasteiger partial charge in [0, 0.05) is 12.1 Å². The van der Waals surface area contributed by atoms with Gasteiger partial charge < -0.3 is 69.6 Å². The summed E-state index contributed by atoms with van der Waals surface area (Å²) >= 11 is 0. The molecule has 2 fully saturated rings. The molecule has 2 aliphatic carbocycles. The fourth-order valence-corrected chi connectivity index (χ4v) is 9.50. The van der Waals surface area contributed by atoms with Crippen LogP contribution in [0.3, 0.4) is 0 Å². The van der Waals surface area contributed by atoms with Crippen molar-refractivity contribution in [1.82, 2.24) is 0 Å². The molecule has 19 heteroatoms. The minimum Gasteiger partial charge on any atom is -0.508 e. The molecule has 9 unspecified atom stereocenters. The number of aliphatic carboxylic acids is 1. The van der Waals surface area contributed by atoms with Gasteiger partial charge in [-0.3, -0.25) is 10.4 Å². The number of carboxylic acids is 1. The summed E-state index contributed by atoms with van der Waals surface area (Å²) in [5.74, 6) is -4.73. The number of aryl methyl sites for hydroxylation is 1. The highest BCUT2D eigenvalue weighted by Crippen LogP contribution is 2.56. The maximum Gasteiger partial charge on any atom is 0.336 e. The van der Waals surface area contributed by atoms with Gasteiger partial charge >= 0.3 is 5.97 Å². The Morgan fingerprint density at radius 2 is 1.80 bits per heavy atom. The Morgan fingerprint density at radius 1 is 1.05 bits per heavy atom. The Labute approximate surface area is 376 Å². The van der Waals surface area contributed by atoms with Crippen LogP contribution < -0.4 is 18.9 Å². The van der Waals surface area contributed by atoms with Gasteiger partial charge in [0.2, 0.25) is 12.0 Å². The Bertz CT molecular complexity index is 2640. The summed E-state index contributed by atoms with van der Waals surface area (Å²) in [5, 5.41) is 109. The molecule has 10 N–H and O–H groups in total. The van der Waals surface area contributed by atoms with E-state index in [1.807, 2.05) is 13.0 Å². The summed E-state index contributed by atoms with van der Waals surface area (Å²) in [7, 11) is 0. The third kappa shape index (κ3) is 7.56. The van der Waals surface area contributed by atoms with Crippen molar-refractivity contribution in [3.63, 3.8) is 0 Å². The van der Waals surface area contributed by atoms with E-state index in [1.165, 1.54) is 36.7 Å². The van der Waals surface area contributed by atoms with Gasteiger partial charge in [-0.15, -0.1) is 0 Å². The van der Waals surface area contributed by atoms with E-state index in [9.17, 15) is 50.8 Å². The molecule has 9 atom stereocenters. The molecule has 2 bridgehead atoms. The number of rotatable bonds is 14.